The lowest BCUT2D eigenvalue weighted by molar-refractivity contribution is 0.768. The molecule has 2 heteroatoms. The molecular formula is C59H39NS. The molecule has 286 valence electrons. The number of rotatable bonds is 7. The SMILES string of the molecule is c1ccc(-c2cccc3c2sc2cccc(N(c4ccc(-c5cccc6ccccc56)cc4)c4cccc5c4-c4ccccc4C5(c4ccccc4)c4ccccc4)c23)cc1. The first kappa shape index (κ1) is 35.4. The Balaban J connectivity index is 1.15. The van der Waals surface area contributed by atoms with E-state index in [1.165, 1.54) is 86.6 Å². The highest BCUT2D eigenvalue weighted by Crippen LogP contribution is 2.60. The number of fused-ring (bicyclic) bond motifs is 7. The Bertz CT molecular complexity index is 3360. The molecule has 0 N–H and O–H groups in total. The number of thiophene rings is 1. The lowest BCUT2D eigenvalue weighted by Gasteiger charge is -2.34. The van der Waals surface area contributed by atoms with E-state index < -0.39 is 5.41 Å². The van der Waals surface area contributed by atoms with Crippen LogP contribution in [-0.2, 0) is 5.41 Å². The number of anilines is 3. The number of hydrogen-bond acceptors (Lipinski definition) is 2. The van der Waals surface area contributed by atoms with Gasteiger partial charge in [0.1, 0.15) is 0 Å². The van der Waals surface area contributed by atoms with Gasteiger partial charge in [-0.25, -0.2) is 0 Å². The Morgan fingerprint density at radius 3 is 1.69 bits per heavy atom. The Labute approximate surface area is 360 Å². The zero-order chi connectivity index (χ0) is 40.3. The van der Waals surface area contributed by atoms with Crippen molar-refractivity contribution in [3.8, 4) is 33.4 Å². The summed E-state index contributed by atoms with van der Waals surface area (Å²) in [4.78, 5) is 2.54. The fourth-order valence-corrected chi connectivity index (χ4v) is 11.5. The van der Waals surface area contributed by atoms with E-state index in [0.717, 1.165) is 17.1 Å². The number of hydrogen-bond donors (Lipinski definition) is 0. The van der Waals surface area contributed by atoms with Crippen molar-refractivity contribution in [3.05, 3.63) is 259 Å². The van der Waals surface area contributed by atoms with Gasteiger partial charge in [0, 0.05) is 31.4 Å². The molecule has 0 fully saturated rings. The zero-order valence-electron chi connectivity index (χ0n) is 33.4. The summed E-state index contributed by atoms with van der Waals surface area (Å²) >= 11 is 1.89. The van der Waals surface area contributed by atoms with E-state index in [9.17, 15) is 0 Å². The summed E-state index contributed by atoms with van der Waals surface area (Å²) in [5.74, 6) is 0. The fraction of sp³-hybridized carbons (Fsp3) is 0.0169. The largest absolute Gasteiger partial charge is 0.309 e. The molecule has 0 unspecified atom stereocenters. The van der Waals surface area contributed by atoms with Gasteiger partial charge in [0.2, 0.25) is 0 Å². The van der Waals surface area contributed by atoms with Crippen LogP contribution < -0.4 is 4.90 Å². The van der Waals surface area contributed by atoms with Gasteiger partial charge in [0.25, 0.3) is 0 Å². The Kier molecular flexibility index (Phi) is 8.33. The average Bonchev–Trinajstić information content (AvgIpc) is 3.88. The lowest BCUT2D eigenvalue weighted by Crippen LogP contribution is -2.28. The monoisotopic (exact) mass is 793 g/mol. The highest BCUT2D eigenvalue weighted by Gasteiger charge is 2.47. The van der Waals surface area contributed by atoms with E-state index in [0.29, 0.717) is 0 Å². The van der Waals surface area contributed by atoms with Crippen LogP contribution in [0, 0.1) is 0 Å². The van der Waals surface area contributed by atoms with Crippen LogP contribution in [0.2, 0.25) is 0 Å². The number of benzene rings is 10. The van der Waals surface area contributed by atoms with Crippen LogP contribution in [-0.4, -0.2) is 0 Å². The van der Waals surface area contributed by atoms with Gasteiger partial charge in [-0.15, -0.1) is 11.3 Å². The maximum absolute atomic E-state index is 2.54. The molecule has 1 aromatic heterocycles. The first-order valence-corrected chi connectivity index (χ1v) is 21.8. The van der Waals surface area contributed by atoms with E-state index >= 15 is 0 Å². The third-order valence-electron chi connectivity index (χ3n) is 12.8. The molecule has 12 rings (SSSR count). The Morgan fingerprint density at radius 2 is 0.902 bits per heavy atom. The summed E-state index contributed by atoms with van der Waals surface area (Å²) in [6.07, 6.45) is 0. The van der Waals surface area contributed by atoms with Crippen molar-refractivity contribution in [3.63, 3.8) is 0 Å². The quantitative estimate of drug-likeness (QED) is 0.155. The molecule has 10 aromatic carbocycles. The molecule has 0 radical (unpaired) electrons. The molecule has 0 spiro atoms. The topological polar surface area (TPSA) is 3.24 Å². The zero-order valence-corrected chi connectivity index (χ0v) is 34.2. The molecule has 1 aliphatic rings. The molecule has 1 aliphatic carbocycles. The minimum atomic E-state index is -0.514. The van der Waals surface area contributed by atoms with Gasteiger partial charge in [-0.2, -0.15) is 0 Å². The third-order valence-corrected chi connectivity index (χ3v) is 14.0. The van der Waals surface area contributed by atoms with E-state index in [1.807, 2.05) is 11.3 Å². The molecule has 61 heavy (non-hydrogen) atoms. The molecule has 0 saturated heterocycles. The molecular weight excluding hydrogens is 755 g/mol. The second-order valence-electron chi connectivity index (χ2n) is 15.9. The van der Waals surface area contributed by atoms with Crippen LogP contribution >= 0.6 is 11.3 Å². The minimum absolute atomic E-state index is 0.514. The summed E-state index contributed by atoms with van der Waals surface area (Å²) in [5, 5.41) is 5.04. The van der Waals surface area contributed by atoms with Gasteiger partial charge in [-0.05, 0) is 91.2 Å². The maximum Gasteiger partial charge on any atom is 0.0714 e. The van der Waals surface area contributed by atoms with Gasteiger partial charge in [0.05, 0.1) is 16.8 Å². The van der Waals surface area contributed by atoms with E-state index in [1.54, 1.807) is 0 Å². The van der Waals surface area contributed by atoms with Gasteiger partial charge >= 0.3 is 0 Å². The molecule has 1 heterocycles. The number of nitrogens with zero attached hydrogens (tertiary/aromatic N) is 1. The van der Waals surface area contributed by atoms with Crippen LogP contribution in [0.15, 0.2) is 237 Å². The predicted octanol–water partition coefficient (Wildman–Crippen LogP) is 16.4. The van der Waals surface area contributed by atoms with E-state index in [-0.39, 0.29) is 0 Å². The standard InChI is InChI=1S/C59H39NS/c1-4-18-41(19-5-1)48-29-15-30-50-57-54(34-17-35-55(57)61-58(48)50)60(45-38-36-42(37-39-45)47-28-14-21-40-20-10-11-26-46(40)47)53-33-16-32-52-56(53)49-27-12-13-31-51(49)59(52,43-22-6-2-7-23-43)44-24-8-3-9-25-44/h1-39H. The smallest absolute Gasteiger partial charge is 0.0714 e. The van der Waals surface area contributed by atoms with Crippen molar-refractivity contribution < 1.29 is 0 Å². The normalized spacial score (nSPS) is 12.7. The van der Waals surface area contributed by atoms with Crippen molar-refractivity contribution in [1.29, 1.82) is 0 Å². The highest BCUT2D eigenvalue weighted by molar-refractivity contribution is 7.26. The van der Waals surface area contributed by atoms with Crippen LogP contribution in [0.4, 0.5) is 17.1 Å². The van der Waals surface area contributed by atoms with Crippen LogP contribution in [0.5, 0.6) is 0 Å². The van der Waals surface area contributed by atoms with E-state index in [2.05, 4.69) is 241 Å². The van der Waals surface area contributed by atoms with Crippen LogP contribution in [0.25, 0.3) is 64.3 Å². The third kappa shape index (κ3) is 5.46. The maximum atomic E-state index is 2.54. The fourth-order valence-electron chi connectivity index (χ4n) is 10.2. The summed E-state index contributed by atoms with van der Waals surface area (Å²) < 4.78 is 2.57. The van der Waals surface area contributed by atoms with Crippen LogP contribution in [0.1, 0.15) is 22.3 Å². The molecule has 0 amide bonds. The van der Waals surface area contributed by atoms with E-state index in [4.69, 9.17) is 0 Å². The molecule has 0 atom stereocenters. The molecule has 0 saturated carbocycles. The Hall–Kier alpha value is -7.52. The summed E-state index contributed by atoms with van der Waals surface area (Å²) in [5.41, 5.74) is 15.5. The molecule has 11 aromatic rings. The van der Waals surface area contributed by atoms with Gasteiger partial charge in [0.15, 0.2) is 0 Å². The first-order valence-electron chi connectivity index (χ1n) is 21.0. The average molecular weight is 794 g/mol. The molecule has 0 bridgehead atoms. The first-order chi connectivity index (χ1) is 30.3. The predicted molar refractivity (Wildman–Crippen MR) is 260 cm³/mol. The van der Waals surface area contributed by atoms with Gasteiger partial charge < -0.3 is 4.90 Å². The van der Waals surface area contributed by atoms with Crippen molar-refractivity contribution in [2.24, 2.45) is 0 Å². The summed E-state index contributed by atoms with van der Waals surface area (Å²) in [6.45, 7) is 0. The highest BCUT2D eigenvalue weighted by atomic mass is 32.1. The second-order valence-corrected chi connectivity index (χ2v) is 17.0. The van der Waals surface area contributed by atoms with Crippen molar-refractivity contribution in [2.45, 2.75) is 5.41 Å². The van der Waals surface area contributed by atoms with Crippen molar-refractivity contribution in [2.75, 3.05) is 4.90 Å². The second kappa shape index (κ2) is 14.3. The minimum Gasteiger partial charge on any atom is -0.309 e. The van der Waals surface area contributed by atoms with Crippen molar-refractivity contribution in [1.82, 2.24) is 0 Å². The van der Waals surface area contributed by atoms with Gasteiger partial charge in [-0.3, -0.25) is 0 Å². The molecule has 0 aliphatic heterocycles. The molecule has 1 nitrogen and oxygen atoms in total. The summed E-state index contributed by atoms with van der Waals surface area (Å²) in [7, 11) is 0. The lowest BCUT2D eigenvalue weighted by atomic mass is 9.68. The van der Waals surface area contributed by atoms with Gasteiger partial charge in [-0.1, -0.05) is 206 Å². The van der Waals surface area contributed by atoms with Crippen LogP contribution in [0.3, 0.4) is 0 Å². The Morgan fingerprint density at radius 1 is 0.361 bits per heavy atom. The summed E-state index contributed by atoms with van der Waals surface area (Å²) in [6, 6.07) is 87.3. The van der Waals surface area contributed by atoms with Crippen molar-refractivity contribution >= 4 is 59.3 Å².